The first-order chi connectivity index (χ1) is 14.1. The van der Waals surface area contributed by atoms with Crippen LogP contribution in [0.1, 0.15) is 13.3 Å². The maximum Gasteiger partial charge on any atom is 0.308 e. The van der Waals surface area contributed by atoms with Crippen LogP contribution in [-0.2, 0) is 20.9 Å². The molecule has 0 fully saturated rings. The molecule has 0 saturated heterocycles. The molecule has 1 unspecified atom stereocenters. The Kier molecular flexibility index (Phi) is 5.37. The lowest BCUT2D eigenvalue weighted by molar-refractivity contribution is -0.153. The zero-order chi connectivity index (χ0) is 20.2. The second kappa shape index (κ2) is 8.26. The van der Waals surface area contributed by atoms with Crippen LogP contribution >= 0.6 is 0 Å². The van der Waals surface area contributed by atoms with Gasteiger partial charge in [-0.25, -0.2) is 0 Å². The number of anilines is 1. The maximum atomic E-state index is 12.4. The summed E-state index contributed by atoms with van der Waals surface area (Å²) in [6.07, 6.45) is 1.22. The zero-order valence-corrected chi connectivity index (χ0v) is 16.1. The number of fused-ring (bicyclic) bond motifs is 2. The molecule has 0 spiro atoms. The highest BCUT2D eigenvalue weighted by Gasteiger charge is 2.19. The molecule has 0 bridgehead atoms. The largest absolute Gasteiger partial charge is 0.486 e. The molecule has 1 aliphatic heterocycles. The first-order valence-corrected chi connectivity index (χ1v) is 9.54. The van der Waals surface area contributed by atoms with Crippen molar-refractivity contribution in [1.29, 1.82) is 0 Å². The predicted molar refractivity (Wildman–Crippen MR) is 108 cm³/mol. The number of aryl methyl sites for hydroxylation is 1. The number of nitrogens with one attached hydrogen (secondary N) is 1. The number of nitrogens with zero attached hydrogens (tertiary/aromatic N) is 1. The van der Waals surface area contributed by atoms with Gasteiger partial charge in [0.1, 0.15) is 13.2 Å². The van der Waals surface area contributed by atoms with Gasteiger partial charge in [0.05, 0.1) is 6.42 Å². The first kappa shape index (κ1) is 18.9. The fraction of sp³-hybridized carbons (Fsp3) is 0.273. The molecule has 4 rings (SSSR count). The van der Waals surface area contributed by atoms with E-state index in [2.05, 4.69) is 5.32 Å². The average molecular weight is 394 g/mol. The monoisotopic (exact) mass is 394 g/mol. The number of para-hydroxylation sites is 1. The standard InChI is InChI=1S/C22H22N2O5/c1-15(22(26)23-17-6-7-19-20(14-17)28-13-12-27-19)29-21(25)9-11-24-10-8-16-4-2-3-5-18(16)24/h2-8,10,14-15H,9,11-13H2,1H3,(H,23,26). The number of carbonyl (C=O) groups is 2. The highest BCUT2D eigenvalue weighted by molar-refractivity contribution is 5.95. The van der Waals surface area contributed by atoms with Crippen molar-refractivity contribution >= 4 is 28.5 Å². The molecule has 2 heterocycles. The maximum absolute atomic E-state index is 12.4. The molecule has 0 radical (unpaired) electrons. The fourth-order valence-corrected chi connectivity index (χ4v) is 3.22. The lowest BCUT2D eigenvalue weighted by Gasteiger charge is -2.19. The van der Waals surface area contributed by atoms with Crippen molar-refractivity contribution < 1.29 is 23.8 Å². The molecule has 7 heteroatoms. The van der Waals surface area contributed by atoms with Crippen LogP contribution in [0, 0.1) is 0 Å². The minimum Gasteiger partial charge on any atom is -0.486 e. The molecule has 1 amide bonds. The molecule has 1 aromatic heterocycles. The van der Waals surface area contributed by atoms with Gasteiger partial charge in [-0.3, -0.25) is 9.59 Å². The van der Waals surface area contributed by atoms with Crippen molar-refractivity contribution in [3.05, 3.63) is 54.7 Å². The molecule has 3 aromatic rings. The second-order valence-electron chi connectivity index (χ2n) is 6.80. The Labute approximate surface area is 168 Å². The summed E-state index contributed by atoms with van der Waals surface area (Å²) in [7, 11) is 0. The molecule has 1 atom stereocenters. The normalized spacial score (nSPS) is 13.7. The number of hydrogen-bond donors (Lipinski definition) is 1. The van der Waals surface area contributed by atoms with Gasteiger partial charge in [-0.05, 0) is 36.6 Å². The number of hydrogen-bond acceptors (Lipinski definition) is 5. The van der Waals surface area contributed by atoms with Crippen molar-refractivity contribution in [2.24, 2.45) is 0 Å². The van der Waals surface area contributed by atoms with Crippen LogP contribution in [-0.4, -0.2) is 35.8 Å². The summed E-state index contributed by atoms with van der Waals surface area (Å²) in [4.78, 5) is 24.5. The van der Waals surface area contributed by atoms with E-state index in [1.807, 2.05) is 41.1 Å². The summed E-state index contributed by atoms with van der Waals surface area (Å²) in [5, 5.41) is 3.85. The van der Waals surface area contributed by atoms with Crippen molar-refractivity contribution in [3.63, 3.8) is 0 Å². The molecule has 7 nitrogen and oxygen atoms in total. The lowest BCUT2D eigenvalue weighted by atomic mass is 10.2. The highest BCUT2D eigenvalue weighted by atomic mass is 16.6. The molecule has 1 aliphatic rings. The quantitative estimate of drug-likeness (QED) is 0.649. The summed E-state index contributed by atoms with van der Waals surface area (Å²) in [6.45, 7) is 3.01. The first-order valence-electron chi connectivity index (χ1n) is 9.54. The van der Waals surface area contributed by atoms with Gasteiger partial charge in [0.2, 0.25) is 0 Å². The van der Waals surface area contributed by atoms with Crippen LogP contribution in [0.15, 0.2) is 54.7 Å². The van der Waals surface area contributed by atoms with Crippen LogP contribution in [0.3, 0.4) is 0 Å². The topological polar surface area (TPSA) is 78.8 Å². The van der Waals surface area contributed by atoms with Gasteiger partial charge in [0.25, 0.3) is 5.91 Å². The van der Waals surface area contributed by atoms with Gasteiger partial charge in [0, 0.05) is 30.0 Å². The van der Waals surface area contributed by atoms with Gasteiger partial charge in [0.15, 0.2) is 17.6 Å². The highest BCUT2D eigenvalue weighted by Crippen LogP contribution is 2.32. The van der Waals surface area contributed by atoms with Crippen molar-refractivity contribution in [3.8, 4) is 11.5 Å². The van der Waals surface area contributed by atoms with E-state index in [0.29, 0.717) is 36.9 Å². The Morgan fingerprint density at radius 3 is 2.76 bits per heavy atom. The Balaban J connectivity index is 1.29. The van der Waals surface area contributed by atoms with Crippen molar-refractivity contribution in [1.82, 2.24) is 4.57 Å². The van der Waals surface area contributed by atoms with E-state index in [-0.39, 0.29) is 6.42 Å². The van der Waals surface area contributed by atoms with Gasteiger partial charge in [-0.2, -0.15) is 0 Å². The summed E-state index contributed by atoms with van der Waals surface area (Å²) in [5.74, 6) is 0.401. The SMILES string of the molecule is CC(OC(=O)CCn1ccc2ccccc21)C(=O)Nc1ccc2c(c1)OCCO2. The number of rotatable bonds is 6. The Morgan fingerprint density at radius 1 is 1.10 bits per heavy atom. The van der Waals surface area contributed by atoms with E-state index in [0.717, 1.165) is 10.9 Å². The van der Waals surface area contributed by atoms with Crippen LogP contribution in [0.2, 0.25) is 0 Å². The van der Waals surface area contributed by atoms with Crippen LogP contribution < -0.4 is 14.8 Å². The molecule has 29 heavy (non-hydrogen) atoms. The fourth-order valence-electron chi connectivity index (χ4n) is 3.22. The van der Waals surface area contributed by atoms with E-state index in [1.54, 1.807) is 25.1 Å². The molecular formula is C22H22N2O5. The molecule has 150 valence electrons. The van der Waals surface area contributed by atoms with Crippen LogP contribution in [0.4, 0.5) is 5.69 Å². The van der Waals surface area contributed by atoms with Crippen LogP contribution in [0.25, 0.3) is 10.9 Å². The minimum atomic E-state index is -0.905. The molecule has 1 N–H and O–H groups in total. The van der Waals surface area contributed by atoms with Crippen molar-refractivity contribution in [2.75, 3.05) is 18.5 Å². The second-order valence-corrected chi connectivity index (χ2v) is 6.80. The summed E-state index contributed by atoms with van der Waals surface area (Å²) >= 11 is 0. The van der Waals surface area contributed by atoms with Gasteiger partial charge in [-0.15, -0.1) is 0 Å². The molecular weight excluding hydrogens is 372 g/mol. The third-order valence-electron chi connectivity index (χ3n) is 4.72. The van der Waals surface area contributed by atoms with Gasteiger partial charge in [-0.1, -0.05) is 18.2 Å². The summed E-state index contributed by atoms with van der Waals surface area (Å²) in [5.41, 5.74) is 1.62. The summed E-state index contributed by atoms with van der Waals surface area (Å²) < 4.78 is 18.2. The Morgan fingerprint density at radius 2 is 1.90 bits per heavy atom. The van der Waals surface area contributed by atoms with Crippen molar-refractivity contribution in [2.45, 2.75) is 26.0 Å². The van der Waals surface area contributed by atoms with Gasteiger partial charge >= 0.3 is 5.97 Å². The molecule has 0 aliphatic carbocycles. The van der Waals surface area contributed by atoms with E-state index >= 15 is 0 Å². The molecule has 0 saturated carbocycles. The number of esters is 1. The third-order valence-corrected chi connectivity index (χ3v) is 4.72. The van der Waals surface area contributed by atoms with E-state index in [4.69, 9.17) is 14.2 Å². The zero-order valence-electron chi connectivity index (χ0n) is 16.1. The predicted octanol–water partition coefficient (Wildman–Crippen LogP) is 3.37. The number of aromatic nitrogens is 1. The van der Waals surface area contributed by atoms with E-state index in [9.17, 15) is 9.59 Å². The van der Waals surface area contributed by atoms with Crippen LogP contribution in [0.5, 0.6) is 11.5 Å². The molecule has 2 aromatic carbocycles. The number of benzene rings is 2. The number of amides is 1. The Bertz CT molecular complexity index is 1040. The van der Waals surface area contributed by atoms with E-state index in [1.165, 1.54) is 0 Å². The minimum absolute atomic E-state index is 0.181. The smallest absolute Gasteiger partial charge is 0.308 e. The number of carbonyl (C=O) groups excluding carboxylic acids is 2. The third kappa shape index (κ3) is 4.34. The Hall–Kier alpha value is -3.48. The lowest BCUT2D eigenvalue weighted by Crippen LogP contribution is -2.30. The van der Waals surface area contributed by atoms with E-state index < -0.39 is 18.0 Å². The summed E-state index contributed by atoms with van der Waals surface area (Å²) in [6, 6.07) is 15.1. The van der Waals surface area contributed by atoms with Gasteiger partial charge < -0.3 is 24.1 Å². The number of ether oxygens (including phenoxy) is 3. The average Bonchev–Trinajstić information content (AvgIpc) is 3.15.